The van der Waals surface area contributed by atoms with Crippen molar-refractivity contribution in [3.05, 3.63) is 258 Å². The molecule has 4 unspecified atom stereocenters. The maximum Gasteiger partial charge on any atom is 0.160 e. The number of hydrogen-bond acceptors (Lipinski definition) is 4. The van der Waals surface area contributed by atoms with Crippen molar-refractivity contribution in [3.8, 4) is 22.6 Å². The summed E-state index contributed by atoms with van der Waals surface area (Å²) in [7, 11) is 0. The van der Waals surface area contributed by atoms with Gasteiger partial charge in [-0.05, 0) is 88.4 Å². The van der Waals surface area contributed by atoms with Gasteiger partial charge in [-0.1, -0.05) is 227 Å². The van der Waals surface area contributed by atoms with Crippen LogP contribution in [0.25, 0.3) is 39.4 Å². The molecule has 0 radical (unpaired) electrons. The summed E-state index contributed by atoms with van der Waals surface area (Å²) >= 11 is 0. The largest absolute Gasteiger partial charge is 0.361 e. The van der Waals surface area contributed by atoms with E-state index in [1.54, 1.807) is 0 Å². The molecule has 6 aromatic rings. The minimum atomic E-state index is -0.494. The molecule has 1 saturated heterocycles. The highest BCUT2D eigenvalue weighted by molar-refractivity contribution is 5.91. The lowest BCUT2D eigenvalue weighted by Crippen LogP contribution is -2.50. The van der Waals surface area contributed by atoms with Gasteiger partial charge in [0.1, 0.15) is 24.4 Å². The van der Waals surface area contributed by atoms with Crippen molar-refractivity contribution in [1.82, 2.24) is 9.97 Å². The highest BCUT2D eigenvalue weighted by Gasteiger charge is 2.53. The summed E-state index contributed by atoms with van der Waals surface area (Å²) in [5.41, 5.74) is 14.1. The number of ether oxygens (including phenoxy) is 2. The molecule has 1 fully saturated rings. The first kappa shape index (κ1) is 44.2. The molecule has 11 rings (SSSR count). The molecule has 5 aliphatic rings. The smallest absolute Gasteiger partial charge is 0.160 e. The third kappa shape index (κ3) is 8.51. The van der Waals surface area contributed by atoms with E-state index in [2.05, 4.69) is 207 Å². The molecule has 4 nitrogen and oxygen atoms in total. The number of rotatable bonds is 8. The van der Waals surface area contributed by atoms with Gasteiger partial charge in [0.05, 0.1) is 16.8 Å². The maximum atomic E-state index is 7.42. The second-order valence-corrected chi connectivity index (χ2v) is 16.7. The van der Waals surface area contributed by atoms with Gasteiger partial charge in [0, 0.05) is 11.1 Å². The molecule has 0 saturated carbocycles. The molecule has 0 amide bonds. The second kappa shape index (κ2) is 20.5. The zero-order valence-electron chi connectivity index (χ0n) is 38.4. The zero-order valence-corrected chi connectivity index (χ0v) is 38.4. The third-order valence-electron chi connectivity index (χ3n) is 12.8. The van der Waals surface area contributed by atoms with E-state index in [-0.39, 0.29) is 24.4 Å². The normalized spacial score (nSPS) is 20.8. The fourth-order valence-electron chi connectivity index (χ4n) is 9.90. The van der Waals surface area contributed by atoms with Gasteiger partial charge in [-0.2, -0.15) is 0 Å². The molecule has 328 valence electrons. The summed E-state index contributed by atoms with van der Waals surface area (Å²) in [5, 5.41) is 0. The monoisotopic (exact) mass is 862 g/mol. The Bertz CT molecular complexity index is 2860. The zero-order chi connectivity index (χ0) is 45.3. The summed E-state index contributed by atoms with van der Waals surface area (Å²) in [6.07, 6.45) is 28.0. The Balaban J connectivity index is 0.000000560. The van der Waals surface area contributed by atoms with Gasteiger partial charge in [-0.25, -0.2) is 9.97 Å². The predicted octanol–water partition coefficient (Wildman–Crippen LogP) is 14.9. The minimum absolute atomic E-state index is 0.230. The van der Waals surface area contributed by atoms with E-state index >= 15 is 0 Å². The quantitative estimate of drug-likeness (QED) is 0.143. The van der Waals surface area contributed by atoms with Crippen molar-refractivity contribution >= 4 is 16.7 Å². The van der Waals surface area contributed by atoms with E-state index in [1.807, 2.05) is 39.0 Å². The number of aromatic nitrogens is 2. The lowest BCUT2D eigenvalue weighted by molar-refractivity contribution is -0.153. The van der Waals surface area contributed by atoms with Gasteiger partial charge >= 0.3 is 0 Å². The highest BCUT2D eigenvalue weighted by atomic mass is 16.6. The average Bonchev–Trinajstić information content (AvgIpc) is 3.71. The molecule has 4 heteroatoms. The molecular formula is C62H58N2O2. The van der Waals surface area contributed by atoms with E-state index in [4.69, 9.17) is 19.4 Å². The van der Waals surface area contributed by atoms with Gasteiger partial charge in [0.2, 0.25) is 0 Å². The summed E-state index contributed by atoms with van der Waals surface area (Å²) in [6.45, 7) is 8.14. The molecule has 1 aliphatic heterocycles. The molecule has 0 spiro atoms. The Morgan fingerprint density at radius 2 is 1.30 bits per heavy atom. The van der Waals surface area contributed by atoms with Crippen LogP contribution in [0.3, 0.4) is 0 Å². The van der Waals surface area contributed by atoms with Crippen LogP contribution in [-0.4, -0.2) is 34.4 Å². The molecule has 5 aromatic carbocycles. The number of allylic oxidation sites excluding steroid dienone is 12. The van der Waals surface area contributed by atoms with E-state index < -0.39 is 5.41 Å². The number of hydrogen-bond donors (Lipinski definition) is 0. The molecule has 4 atom stereocenters. The van der Waals surface area contributed by atoms with E-state index in [0.717, 1.165) is 58.5 Å². The molecule has 0 N–H and O–H groups in total. The number of benzene rings is 5. The Kier molecular flexibility index (Phi) is 13.7. The second-order valence-electron chi connectivity index (χ2n) is 16.7. The summed E-state index contributed by atoms with van der Waals surface area (Å²) < 4.78 is 14.4. The van der Waals surface area contributed by atoms with Crippen LogP contribution in [0.1, 0.15) is 80.5 Å². The van der Waals surface area contributed by atoms with Crippen molar-refractivity contribution in [2.75, 3.05) is 0 Å². The van der Waals surface area contributed by atoms with Crippen molar-refractivity contribution in [3.63, 3.8) is 0 Å². The first-order valence-electron chi connectivity index (χ1n) is 23.7. The van der Waals surface area contributed by atoms with Gasteiger partial charge in [0.15, 0.2) is 5.82 Å². The van der Waals surface area contributed by atoms with Crippen LogP contribution in [0.5, 0.6) is 0 Å². The SMILES string of the molecule is C/C=C\C=C/CC.C1=CC2OC3C=CC4=C(c5ccccc5C4(c4ccccc4)c4ccccc4)C3OC2C(c2cccc(-c3nc(C4=CCCC=C4)cc(-c4ccccc4)n3)c2)=C1.CC. The van der Waals surface area contributed by atoms with Crippen molar-refractivity contribution < 1.29 is 9.47 Å². The topological polar surface area (TPSA) is 44.2 Å². The predicted molar refractivity (Wildman–Crippen MR) is 275 cm³/mol. The maximum absolute atomic E-state index is 7.42. The lowest BCUT2D eigenvalue weighted by atomic mass is 9.66. The van der Waals surface area contributed by atoms with Crippen LogP contribution < -0.4 is 0 Å². The van der Waals surface area contributed by atoms with Crippen LogP contribution in [0.15, 0.2) is 224 Å². The molecule has 4 aliphatic carbocycles. The first-order valence-corrected chi connectivity index (χ1v) is 23.7. The first-order chi connectivity index (χ1) is 32.7. The molecule has 1 aromatic heterocycles. The highest BCUT2D eigenvalue weighted by Crippen LogP contribution is 2.58. The van der Waals surface area contributed by atoms with E-state index in [0.29, 0.717) is 5.82 Å². The summed E-state index contributed by atoms with van der Waals surface area (Å²) in [5.74, 6) is 0.699. The van der Waals surface area contributed by atoms with Crippen molar-refractivity contribution in [2.45, 2.75) is 76.8 Å². The standard InChI is InChI=1S/C53H40N2O2.C7H12.C2H6/c1-5-17-35(18-6-1)45-34-46(36-19-7-2-8-20-36)55-52(54-45)38-22-15-21-37(33-38)41-28-16-30-47-50(41)57-51-48(56-47)32-31-44-49(51)42-27-13-14-29-43(42)53(44,39-23-9-3-10-24-39)40-25-11-4-12-26-40;1-3-5-7-6-4-2;1-2/h1,3-7,9-34,47-48,50-51H,2,8H2;3,5-7H,4H2,1-2H3;1-2H3/b;5-3-,7-6-;. The van der Waals surface area contributed by atoms with E-state index in [1.165, 1.54) is 33.4 Å². The number of nitrogens with zero attached hydrogens (tertiary/aromatic N) is 2. The van der Waals surface area contributed by atoms with Crippen LogP contribution in [0, 0.1) is 0 Å². The molecule has 0 bridgehead atoms. The van der Waals surface area contributed by atoms with Crippen LogP contribution in [0.4, 0.5) is 0 Å². The summed E-state index contributed by atoms with van der Waals surface area (Å²) in [6, 6.07) is 51.8. The molecular weight excluding hydrogens is 805 g/mol. The third-order valence-corrected chi connectivity index (χ3v) is 12.8. The van der Waals surface area contributed by atoms with Gasteiger partial charge in [0.25, 0.3) is 0 Å². The molecule has 2 heterocycles. The van der Waals surface area contributed by atoms with E-state index in [9.17, 15) is 0 Å². The van der Waals surface area contributed by atoms with Gasteiger partial charge in [-0.15, -0.1) is 0 Å². The van der Waals surface area contributed by atoms with Crippen LogP contribution in [-0.2, 0) is 14.9 Å². The Labute approximate surface area is 391 Å². The summed E-state index contributed by atoms with van der Waals surface area (Å²) in [4.78, 5) is 10.3. The van der Waals surface area contributed by atoms with Crippen molar-refractivity contribution in [1.29, 1.82) is 0 Å². The van der Waals surface area contributed by atoms with Gasteiger partial charge < -0.3 is 9.47 Å². The Morgan fingerprint density at radius 1 is 0.636 bits per heavy atom. The minimum Gasteiger partial charge on any atom is -0.361 e. The van der Waals surface area contributed by atoms with Gasteiger partial charge in [-0.3, -0.25) is 0 Å². The Hall–Kier alpha value is -6.98. The molecule has 66 heavy (non-hydrogen) atoms. The van der Waals surface area contributed by atoms with Crippen LogP contribution in [0.2, 0.25) is 0 Å². The lowest BCUT2D eigenvalue weighted by Gasteiger charge is -2.44. The fraction of sp³-hybridized carbons (Fsp3) is 0.194. The Morgan fingerprint density at radius 3 is 2.02 bits per heavy atom. The fourth-order valence-corrected chi connectivity index (χ4v) is 9.90. The van der Waals surface area contributed by atoms with Crippen molar-refractivity contribution in [2.24, 2.45) is 0 Å². The number of fused-ring (bicyclic) bond motifs is 5. The van der Waals surface area contributed by atoms with Crippen LogP contribution >= 0.6 is 0 Å². The average molecular weight is 863 g/mol.